The third-order valence-electron chi connectivity index (χ3n) is 3.07. The number of aromatic nitrogens is 2. The number of benzene rings is 1. The Labute approximate surface area is 107 Å². The minimum atomic E-state index is -0.0184. The van der Waals surface area contributed by atoms with E-state index in [4.69, 9.17) is 0 Å². The van der Waals surface area contributed by atoms with Crippen molar-refractivity contribution in [3.63, 3.8) is 0 Å². The summed E-state index contributed by atoms with van der Waals surface area (Å²) in [6, 6.07) is 5.80. The van der Waals surface area contributed by atoms with Gasteiger partial charge in [-0.25, -0.2) is 0 Å². The molecule has 4 heteroatoms. The molecule has 0 aliphatic rings. The van der Waals surface area contributed by atoms with Crippen molar-refractivity contribution in [3.8, 4) is 0 Å². The fourth-order valence-electron chi connectivity index (χ4n) is 1.97. The number of nitrogens with zero attached hydrogens (tertiary/aromatic N) is 1. The normalized spacial score (nSPS) is 12.6. The average molecular weight is 245 g/mol. The summed E-state index contributed by atoms with van der Waals surface area (Å²) >= 11 is 0. The number of hydrogen-bond acceptors (Lipinski definition) is 2. The molecule has 1 aromatic carbocycles. The Kier molecular flexibility index (Phi) is 3.97. The molecule has 0 radical (unpaired) electrons. The molecule has 1 atom stereocenters. The molecule has 1 unspecified atom stereocenters. The van der Waals surface area contributed by atoms with Crippen LogP contribution in [-0.2, 0) is 0 Å². The van der Waals surface area contributed by atoms with Crippen LogP contribution in [0.5, 0.6) is 0 Å². The molecule has 0 aliphatic carbocycles. The molecule has 0 saturated heterocycles. The smallest absolute Gasteiger partial charge is 0.251 e. The lowest BCUT2D eigenvalue weighted by Crippen LogP contribution is -2.32. The molecule has 1 aromatic heterocycles. The van der Waals surface area contributed by atoms with Gasteiger partial charge in [0.1, 0.15) is 0 Å². The zero-order valence-corrected chi connectivity index (χ0v) is 10.9. The van der Waals surface area contributed by atoms with Crippen molar-refractivity contribution in [2.24, 2.45) is 0 Å². The number of nitrogens with one attached hydrogen (secondary N) is 2. The molecule has 96 valence electrons. The molecule has 18 heavy (non-hydrogen) atoms. The molecular formula is C14H19N3O. The van der Waals surface area contributed by atoms with Crippen LogP contribution in [0.3, 0.4) is 0 Å². The lowest BCUT2D eigenvalue weighted by molar-refractivity contribution is 0.0938. The van der Waals surface area contributed by atoms with Crippen molar-refractivity contribution in [2.75, 3.05) is 0 Å². The largest absolute Gasteiger partial charge is 0.350 e. The summed E-state index contributed by atoms with van der Waals surface area (Å²) in [7, 11) is 0. The number of rotatable bonds is 5. The Balaban J connectivity index is 2.03. The maximum absolute atomic E-state index is 12.0. The number of H-pyrrole nitrogens is 1. The van der Waals surface area contributed by atoms with Gasteiger partial charge in [-0.3, -0.25) is 9.89 Å². The third-order valence-corrected chi connectivity index (χ3v) is 3.07. The van der Waals surface area contributed by atoms with Crippen molar-refractivity contribution in [3.05, 3.63) is 30.0 Å². The Morgan fingerprint density at radius 3 is 3.11 bits per heavy atom. The highest BCUT2D eigenvalue weighted by molar-refractivity contribution is 5.97. The standard InChI is InChI=1S/C14H19N3O/c1-3-4-5-10(2)16-14(18)11-6-7-12-9-15-17-13(12)8-11/h6-10H,3-5H2,1-2H3,(H,15,17)(H,16,18). The van der Waals surface area contributed by atoms with Crippen LogP contribution in [0.15, 0.2) is 24.4 Å². The van der Waals surface area contributed by atoms with E-state index in [2.05, 4.69) is 22.4 Å². The van der Waals surface area contributed by atoms with Crippen molar-refractivity contribution in [1.82, 2.24) is 15.5 Å². The first kappa shape index (κ1) is 12.6. The molecule has 1 amide bonds. The fourth-order valence-corrected chi connectivity index (χ4v) is 1.97. The van der Waals surface area contributed by atoms with E-state index in [-0.39, 0.29) is 11.9 Å². The summed E-state index contributed by atoms with van der Waals surface area (Å²) in [5.74, 6) is -0.0184. The number of hydrogen-bond donors (Lipinski definition) is 2. The lowest BCUT2D eigenvalue weighted by Gasteiger charge is -2.13. The highest BCUT2D eigenvalue weighted by Gasteiger charge is 2.10. The Bertz CT molecular complexity index is 533. The number of amides is 1. The van der Waals surface area contributed by atoms with Crippen LogP contribution in [0.1, 0.15) is 43.5 Å². The zero-order valence-electron chi connectivity index (χ0n) is 10.9. The first-order valence-electron chi connectivity index (χ1n) is 6.44. The minimum absolute atomic E-state index is 0.0184. The number of carbonyl (C=O) groups is 1. The number of unbranched alkanes of at least 4 members (excludes halogenated alkanes) is 1. The molecule has 2 aromatic rings. The first-order chi connectivity index (χ1) is 8.70. The lowest BCUT2D eigenvalue weighted by atomic mass is 10.1. The van der Waals surface area contributed by atoms with Gasteiger partial charge in [-0.1, -0.05) is 25.8 Å². The van der Waals surface area contributed by atoms with Crippen LogP contribution < -0.4 is 5.32 Å². The van der Waals surface area contributed by atoms with Gasteiger partial charge in [0.15, 0.2) is 0 Å². The maximum Gasteiger partial charge on any atom is 0.251 e. The summed E-state index contributed by atoms with van der Waals surface area (Å²) in [6.45, 7) is 4.20. The molecule has 0 saturated carbocycles. The van der Waals surface area contributed by atoms with Gasteiger partial charge in [0.05, 0.1) is 11.7 Å². The maximum atomic E-state index is 12.0. The van der Waals surface area contributed by atoms with Crippen molar-refractivity contribution in [2.45, 2.75) is 39.2 Å². The van der Waals surface area contributed by atoms with Crippen LogP contribution in [0, 0.1) is 0 Å². The van der Waals surface area contributed by atoms with Crippen LogP contribution in [0.4, 0.5) is 0 Å². The van der Waals surface area contributed by atoms with Gasteiger partial charge >= 0.3 is 0 Å². The van der Waals surface area contributed by atoms with E-state index in [0.717, 1.165) is 30.2 Å². The molecule has 0 bridgehead atoms. The van der Waals surface area contributed by atoms with E-state index in [1.165, 1.54) is 0 Å². The average Bonchev–Trinajstić information content (AvgIpc) is 2.83. The molecule has 0 aliphatic heterocycles. The van der Waals surface area contributed by atoms with E-state index in [1.807, 2.05) is 25.1 Å². The summed E-state index contributed by atoms with van der Waals surface area (Å²) in [4.78, 5) is 12.0. The molecule has 0 fully saturated rings. The SMILES string of the molecule is CCCCC(C)NC(=O)c1ccc2cn[nH]c2c1. The van der Waals surface area contributed by atoms with Crippen LogP contribution in [0.2, 0.25) is 0 Å². The summed E-state index contributed by atoms with van der Waals surface area (Å²) in [5, 5.41) is 10.9. The third kappa shape index (κ3) is 2.88. The van der Waals surface area contributed by atoms with Gasteiger partial charge in [-0.05, 0) is 25.5 Å². The van der Waals surface area contributed by atoms with Gasteiger partial charge < -0.3 is 5.32 Å². The first-order valence-corrected chi connectivity index (χ1v) is 6.44. The molecule has 1 heterocycles. The molecule has 2 N–H and O–H groups in total. The summed E-state index contributed by atoms with van der Waals surface area (Å²) in [6.07, 6.45) is 5.07. The minimum Gasteiger partial charge on any atom is -0.350 e. The quantitative estimate of drug-likeness (QED) is 0.851. The van der Waals surface area contributed by atoms with Gasteiger partial charge in [0, 0.05) is 17.0 Å². The summed E-state index contributed by atoms with van der Waals surface area (Å²) < 4.78 is 0. The Morgan fingerprint density at radius 1 is 1.50 bits per heavy atom. The highest BCUT2D eigenvalue weighted by Crippen LogP contribution is 2.13. The van der Waals surface area contributed by atoms with E-state index in [9.17, 15) is 4.79 Å². The fraction of sp³-hybridized carbons (Fsp3) is 0.429. The molecule has 2 rings (SSSR count). The predicted octanol–water partition coefficient (Wildman–Crippen LogP) is 2.87. The molecular weight excluding hydrogens is 226 g/mol. The second-order valence-electron chi connectivity index (χ2n) is 4.69. The van der Waals surface area contributed by atoms with E-state index < -0.39 is 0 Å². The topological polar surface area (TPSA) is 57.8 Å². The second-order valence-corrected chi connectivity index (χ2v) is 4.69. The van der Waals surface area contributed by atoms with E-state index in [0.29, 0.717) is 5.56 Å². The molecule has 4 nitrogen and oxygen atoms in total. The van der Waals surface area contributed by atoms with Crippen LogP contribution in [-0.4, -0.2) is 22.1 Å². The van der Waals surface area contributed by atoms with E-state index in [1.54, 1.807) is 6.20 Å². The van der Waals surface area contributed by atoms with Crippen LogP contribution in [0.25, 0.3) is 10.9 Å². The zero-order chi connectivity index (χ0) is 13.0. The van der Waals surface area contributed by atoms with Crippen LogP contribution >= 0.6 is 0 Å². The van der Waals surface area contributed by atoms with Crippen molar-refractivity contribution >= 4 is 16.8 Å². The monoisotopic (exact) mass is 245 g/mol. The van der Waals surface area contributed by atoms with Gasteiger partial charge in [0.2, 0.25) is 0 Å². The van der Waals surface area contributed by atoms with Crippen molar-refractivity contribution in [1.29, 1.82) is 0 Å². The number of carbonyl (C=O) groups excluding carboxylic acids is 1. The number of fused-ring (bicyclic) bond motifs is 1. The van der Waals surface area contributed by atoms with Crippen molar-refractivity contribution < 1.29 is 4.79 Å². The highest BCUT2D eigenvalue weighted by atomic mass is 16.1. The summed E-state index contributed by atoms with van der Waals surface area (Å²) in [5.41, 5.74) is 1.57. The Morgan fingerprint density at radius 2 is 2.33 bits per heavy atom. The molecule has 0 spiro atoms. The Hall–Kier alpha value is -1.84. The number of aromatic amines is 1. The predicted molar refractivity (Wildman–Crippen MR) is 72.5 cm³/mol. The second kappa shape index (κ2) is 5.67. The van der Waals surface area contributed by atoms with E-state index >= 15 is 0 Å². The van der Waals surface area contributed by atoms with Gasteiger partial charge in [-0.2, -0.15) is 5.10 Å². The van der Waals surface area contributed by atoms with Gasteiger partial charge in [0.25, 0.3) is 5.91 Å². The van der Waals surface area contributed by atoms with Gasteiger partial charge in [-0.15, -0.1) is 0 Å².